The van der Waals surface area contributed by atoms with Crippen molar-refractivity contribution >= 4 is 11.8 Å². The molecule has 0 saturated carbocycles. The van der Waals surface area contributed by atoms with Gasteiger partial charge in [-0.25, -0.2) is 4.68 Å². The van der Waals surface area contributed by atoms with E-state index in [1.54, 1.807) is 18.0 Å². The number of hydrogen-bond acceptors (Lipinski definition) is 6. The zero-order valence-corrected chi connectivity index (χ0v) is 11.8. The second kappa shape index (κ2) is 5.17. The summed E-state index contributed by atoms with van der Waals surface area (Å²) in [6, 6.07) is 13.5. The van der Waals surface area contributed by atoms with Gasteiger partial charge in [-0.15, -0.1) is 10.2 Å². The summed E-state index contributed by atoms with van der Waals surface area (Å²) in [6.45, 7) is 0.357. The van der Waals surface area contributed by atoms with E-state index in [4.69, 9.17) is 9.15 Å². The Morgan fingerprint density at radius 1 is 1.19 bits per heavy atom. The number of hydrogen-bond donors (Lipinski definition) is 1. The maximum Gasteiger partial charge on any atom is 0.212 e. The first-order valence-corrected chi connectivity index (χ1v) is 7.37. The summed E-state index contributed by atoms with van der Waals surface area (Å²) in [4.78, 5) is 0. The highest BCUT2D eigenvalue weighted by Gasteiger charge is 2.29. The molecule has 3 aromatic rings. The van der Waals surface area contributed by atoms with Crippen molar-refractivity contribution in [3.8, 4) is 5.75 Å². The van der Waals surface area contributed by atoms with Crippen molar-refractivity contribution in [2.24, 2.45) is 0 Å². The monoisotopic (exact) mass is 300 g/mol. The Labute approximate surface area is 125 Å². The number of furan rings is 1. The molecule has 1 atom stereocenters. The van der Waals surface area contributed by atoms with E-state index in [9.17, 15) is 0 Å². The lowest BCUT2D eigenvalue weighted by Gasteiger charge is -2.10. The van der Waals surface area contributed by atoms with Crippen LogP contribution in [0.2, 0.25) is 0 Å². The molecule has 4 rings (SSSR count). The SMILES string of the molecule is c1ccc(OCc2nnc3n2N[C@H](c2ccco2)S3)cc1. The van der Waals surface area contributed by atoms with Crippen molar-refractivity contribution in [1.29, 1.82) is 0 Å². The van der Waals surface area contributed by atoms with Crippen LogP contribution in [0.5, 0.6) is 5.75 Å². The van der Waals surface area contributed by atoms with Gasteiger partial charge in [0.2, 0.25) is 5.16 Å². The molecule has 7 heteroatoms. The van der Waals surface area contributed by atoms with Crippen LogP contribution in [0.4, 0.5) is 0 Å². The first kappa shape index (κ1) is 12.3. The summed E-state index contributed by atoms with van der Waals surface area (Å²) >= 11 is 1.57. The van der Waals surface area contributed by atoms with Gasteiger partial charge in [0.15, 0.2) is 11.2 Å². The Bertz CT molecular complexity index is 727. The first-order valence-electron chi connectivity index (χ1n) is 6.49. The second-order valence-electron chi connectivity index (χ2n) is 4.48. The minimum Gasteiger partial charge on any atom is -0.486 e. The molecule has 6 nitrogen and oxygen atoms in total. The lowest BCUT2D eigenvalue weighted by Crippen LogP contribution is -2.16. The van der Waals surface area contributed by atoms with E-state index in [1.165, 1.54) is 0 Å². The molecule has 3 heterocycles. The third-order valence-corrected chi connectivity index (χ3v) is 4.13. The molecule has 1 aliphatic heterocycles. The van der Waals surface area contributed by atoms with Crippen LogP contribution in [0.25, 0.3) is 0 Å². The van der Waals surface area contributed by atoms with E-state index >= 15 is 0 Å². The van der Waals surface area contributed by atoms with Crippen molar-refractivity contribution in [2.45, 2.75) is 17.1 Å². The number of benzene rings is 1. The molecule has 0 fully saturated rings. The van der Waals surface area contributed by atoms with Crippen LogP contribution in [0.3, 0.4) is 0 Å². The maximum absolute atomic E-state index is 5.71. The number of nitrogens with zero attached hydrogens (tertiary/aromatic N) is 3. The largest absolute Gasteiger partial charge is 0.486 e. The summed E-state index contributed by atoms with van der Waals surface area (Å²) < 4.78 is 13.0. The van der Waals surface area contributed by atoms with E-state index < -0.39 is 0 Å². The fraction of sp³-hybridized carbons (Fsp3) is 0.143. The van der Waals surface area contributed by atoms with Gasteiger partial charge in [0.1, 0.15) is 18.1 Å². The van der Waals surface area contributed by atoms with Crippen LogP contribution in [-0.4, -0.2) is 14.9 Å². The summed E-state index contributed by atoms with van der Waals surface area (Å²) in [5, 5.41) is 9.13. The highest BCUT2D eigenvalue weighted by atomic mass is 32.2. The van der Waals surface area contributed by atoms with E-state index in [1.807, 2.05) is 47.1 Å². The minimum absolute atomic E-state index is 0.0148. The maximum atomic E-state index is 5.71. The third-order valence-electron chi connectivity index (χ3n) is 3.08. The molecule has 0 unspecified atom stereocenters. The number of fused-ring (bicyclic) bond motifs is 1. The third kappa shape index (κ3) is 2.36. The number of nitrogens with one attached hydrogen (secondary N) is 1. The second-order valence-corrected chi connectivity index (χ2v) is 5.55. The minimum atomic E-state index is 0.0148. The molecular weight excluding hydrogens is 288 g/mol. The molecule has 2 aromatic heterocycles. The fourth-order valence-electron chi connectivity index (χ4n) is 2.08. The van der Waals surface area contributed by atoms with Gasteiger partial charge in [-0.2, -0.15) is 0 Å². The molecule has 0 aliphatic carbocycles. The molecule has 1 aliphatic rings. The molecule has 0 radical (unpaired) electrons. The van der Waals surface area contributed by atoms with E-state index in [-0.39, 0.29) is 5.37 Å². The van der Waals surface area contributed by atoms with E-state index in [0.29, 0.717) is 6.61 Å². The average Bonchev–Trinajstić information content (AvgIpc) is 3.23. The Morgan fingerprint density at radius 3 is 2.90 bits per heavy atom. The molecule has 0 bridgehead atoms. The van der Waals surface area contributed by atoms with Gasteiger partial charge in [0, 0.05) is 0 Å². The number of ether oxygens (including phenoxy) is 1. The van der Waals surface area contributed by atoms with Gasteiger partial charge in [-0.1, -0.05) is 18.2 Å². The normalized spacial score (nSPS) is 16.5. The highest BCUT2D eigenvalue weighted by molar-refractivity contribution is 7.99. The molecule has 0 amide bonds. The number of thioether (sulfide) groups is 1. The topological polar surface area (TPSA) is 65.1 Å². The Balaban J connectivity index is 1.48. The summed E-state index contributed by atoms with van der Waals surface area (Å²) in [7, 11) is 0. The van der Waals surface area contributed by atoms with Crippen LogP contribution >= 0.6 is 11.8 Å². The van der Waals surface area contributed by atoms with E-state index in [0.717, 1.165) is 22.5 Å². The predicted molar refractivity (Wildman–Crippen MR) is 77.5 cm³/mol. The average molecular weight is 300 g/mol. The predicted octanol–water partition coefficient (Wildman–Crippen LogP) is 2.80. The van der Waals surface area contributed by atoms with Crippen LogP contribution in [0.1, 0.15) is 17.0 Å². The molecular formula is C14H12N4O2S. The molecule has 1 aromatic carbocycles. The fourth-order valence-corrected chi connectivity index (χ4v) is 3.05. The molecule has 0 spiro atoms. The van der Waals surface area contributed by atoms with Crippen molar-refractivity contribution in [3.05, 3.63) is 60.3 Å². The summed E-state index contributed by atoms with van der Waals surface area (Å²) in [5.41, 5.74) is 3.30. The first-order chi connectivity index (χ1) is 10.4. The van der Waals surface area contributed by atoms with Gasteiger partial charge >= 0.3 is 0 Å². The highest BCUT2D eigenvalue weighted by Crippen LogP contribution is 2.38. The zero-order chi connectivity index (χ0) is 14.1. The van der Waals surface area contributed by atoms with Crippen molar-refractivity contribution < 1.29 is 9.15 Å². The zero-order valence-electron chi connectivity index (χ0n) is 11.0. The quantitative estimate of drug-likeness (QED) is 0.799. The number of rotatable bonds is 4. The van der Waals surface area contributed by atoms with Gasteiger partial charge in [0.25, 0.3) is 0 Å². The van der Waals surface area contributed by atoms with Crippen molar-refractivity contribution in [3.63, 3.8) is 0 Å². The van der Waals surface area contributed by atoms with Crippen LogP contribution in [0.15, 0.2) is 58.3 Å². The Kier molecular flexibility index (Phi) is 3.04. The number of para-hydroxylation sites is 1. The number of aromatic nitrogens is 3. The van der Waals surface area contributed by atoms with Crippen molar-refractivity contribution in [2.75, 3.05) is 5.43 Å². The van der Waals surface area contributed by atoms with Crippen LogP contribution < -0.4 is 10.2 Å². The van der Waals surface area contributed by atoms with Gasteiger partial charge < -0.3 is 14.6 Å². The van der Waals surface area contributed by atoms with Crippen LogP contribution in [0, 0.1) is 0 Å². The van der Waals surface area contributed by atoms with Crippen LogP contribution in [-0.2, 0) is 6.61 Å². The van der Waals surface area contributed by atoms with E-state index in [2.05, 4.69) is 15.6 Å². The van der Waals surface area contributed by atoms with Gasteiger partial charge in [0.05, 0.1) is 6.26 Å². The molecule has 106 valence electrons. The van der Waals surface area contributed by atoms with Gasteiger partial charge in [-0.05, 0) is 36.0 Å². The molecule has 1 N–H and O–H groups in total. The smallest absolute Gasteiger partial charge is 0.212 e. The Hall–Kier alpha value is -2.41. The van der Waals surface area contributed by atoms with Gasteiger partial charge in [-0.3, -0.25) is 0 Å². The van der Waals surface area contributed by atoms with Crippen molar-refractivity contribution in [1.82, 2.24) is 14.9 Å². The molecule has 0 saturated heterocycles. The summed E-state index contributed by atoms with van der Waals surface area (Å²) in [5.74, 6) is 2.40. The lowest BCUT2D eigenvalue weighted by molar-refractivity contribution is 0.290. The molecule has 21 heavy (non-hydrogen) atoms. The lowest BCUT2D eigenvalue weighted by atomic mass is 10.3. The summed E-state index contributed by atoms with van der Waals surface area (Å²) in [6.07, 6.45) is 1.66. The standard InChI is InChI=1S/C14H12N4O2S/c1-2-5-10(6-3-1)20-9-12-15-16-14-18(12)17-13(21-14)11-7-4-8-19-11/h1-8,13,17H,9H2/t13-/m0/s1. The Morgan fingerprint density at radius 2 is 2.10 bits per heavy atom.